The highest BCUT2D eigenvalue weighted by Crippen LogP contribution is 2.22. The lowest BCUT2D eigenvalue weighted by Crippen LogP contribution is -2.28. The summed E-state index contributed by atoms with van der Waals surface area (Å²) in [4.78, 5) is 23.2. The Hall–Kier alpha value is -1.06. The van der Waals surface area contributed by atoms with E-state index in [4.69, 9.17) is 9.47 Å². The minimum atomic E-state index is -0.334. The van der Waals surface area contributed by atoms with Crippen LogP contribution in [0.3, 0.4) is 0 Å². The maximum absolute atomic E-state index is 11.7. The predicted octanol–water partition coefficient (Wildman–Crippen LogP) is 4.65. The van der Waals surface area contributed by atoms with Crippen LogP contribution in [0.15, 0.2) is 0 Å². The molecule has 0 saturated carbocycles. The first kappa shape index (κ1) is 20.9. The third-order valence-electron chi connectivity index (χ3n) is 3.82. The van der Waals surface area contributed by atoms with E-state index in [0.29, 0.717) is 6.61 Å². The topological polar surface area (TPSA) is 52.6 Å². The van der Waals surface area contributed by atoms with Crippen LogP contribution in [0.5, 0.6) is 0 Å². The third kappa shape index (κ3) is 11.6. The Bertz CT molecular complexity index is 318. The van der Waals surface area contributed by atoms with Gasteiger partial charge in [0.05, 0.1) is 19.4 Å². The zero-order valence-corrected chi connectivity index (χ0v) is 15.1. The van der Waals surface area contributed by atoms with Crippen molar-refractivity contribution in [1.82, 2.24) is 0 Å². The monoisotopic (exact) mass is 314 g/mol. The summed E-state index contributed by atoms with van der Waals surface area (Å²) in [5, 5.41) is 0. The molecule has 0 aromatic carbocycles. The summed E-state index contributed by atoms with van der Waals surface area (Å²) in [5.41, 5.74) is -0.0893. The molecule has 0 radical (unpaired) electrons. The summed E-state index contributed by atoms with van der Waals surface area (Å²) < 4.78 is 10.4. The minimum Gasteiger partial charge on any atom is -0.466 e. The van der Waals surface area contributed by atoms with Crippen LogP contribution in [0.25, 0.3) is 0 Å². The van der Waals surface area contributed by atoms with Crippen molar-refractivity contribution in [3.63, 3.8) is 0 Å². The van der Waals surface area contributed by atoms with Gasteiger partial charge in [-0.3, -0.25) is 9.59 Å². The van der Waals surface area contributed by atoms with Gasteiger partial charge in [0.2, 0.25) is 0 Å². The van der Waals surface area contributed by atoms with Gasteiger partial charge < -0.3 is 9.47 Å². The summed E-state index contributed by atoms with van der Waals surface area (Å²) in [6.07, 6.45) is 6.98. The number of hydrogen-bond acceptors (Lipinski definition) is 4. The van der Waals surface area contributed by atoms with Crippen LogP contribution < -0.4 is 0 Å². The molecule has 0 aromatic rings. The molecule has 0 rings (SSSR count). The highest BCUT2D eigenvalue weighted by atomic mass is 16.5. The lowest BCUT2D eigenvalue weighted by molar-refractivity contribution is -0.156. The number of carbonyl (C=O) groups excluding carboxylic acids is 2. The smallest absolute Gasteiger partial charge is 0.306 e. The second-order valence-electron chi connectivity index (χ2n) is 6.99. The Kier molecular flexibility index (Phi) is 10.9. The summed E-state index contributed by atoms with van der Waals surface area (Å²) >= 11 is 0. The summed E-state index contributed by atoms with van der Waals surface area (Å²) in [6.45, 7) is 10.6. The first-order valence-corrected chi connectivity index (χ1v) is 8.62. The third-order valence-corrected chi connectivity index (χ3v) is 3.82. The maximum Gasteiger partial charge on any atom is 0.306 e. The first-order chi connectivity index (χ1) is 10.3. The van der Waals surface area contributed by atoms with Gasteiger partial charge in [0.1, 0.15) is 6.10 Å². The molecule has 4 heteroatoms. The normalized spacial score (nSPS) is 12.8. The van der Waals surface area contributed by atoms with Crippen LogP contribution in [0.2, 0.25) is 0 Å². The largest absolute Gasteiger partial charge is 0.466 e. The van der Waals surface area contributed by atoms with Crippen molar-refractivity contribution in [3.05, 3.63) is 0 Å². The van der Waals surface area contributed by atoms with E-state index < -0.39 is 0 Å². The van der Waals surface area contributed by atoms with E-state index in [1.165, 1.54) is 25.7 Å². The fourth-order valence-corrected chi connectivity index (χ4v) is 1.78. The van der Waals surface area contributed by atoms with Crippen molar-refractivity contribution in [3.8, 4) is 0 Å². The number of hydrogen-bond donors (Lipinski definition) is 0. The number of unbranched alkanes of at least 4 members (excludes halogenated alkanes) is 5. The number of carbonyl (C=O) groups is 2. The zero-order chi connectivity index (χ0) is 17.0. The lowest BCUT2D eigenvalue weighted by atomic mass is 9.90. The fraction of sp³-hybridized carbons (Fsp3) is 0.889. The van der Waals surface area contributed by atoms with Gasteiger partial charge in [-0.15, -0.1) is 0 Å². The van der Waals surface area contributed by atoms with Gasteiger partial charge in [-0.25, -0.2) is 0 Å². The van der Waals surface area contributed by atoms with Crippen LogP contribution in [-0.4, -0.2) is 24.6 Å². The molecule has 4 nitrogen and oxygen atoms in total. The van der Waals surface area contributed by atoms with Crippen LogP contribution in [0, 0.1) is 5.41 Å². The van der Waals surface area contributed by atoms with Gasteiger partial charge in [0, 0.05) is 0 Å². The molecule has 0 aromatic heterocycles. The second-order valence-corrected chi connectivity index (χ2v) is 6.99. The van der Waals surface area contributed by atoms with E-state index >= 15 is 0 Å². The summed E-state index contributed by atoms with van der Waals surface area (Å²) in [6, 6.07) is 0. The summed E-state index contributed by atoms with van der Waals surface area (Å²) in [7, 11) is 0. The molecule has 130 valence electrons. The molecule has 0 aliphatic carbocycles. The molecule has 0 amide bonds. The van der Waals surface area contributed by atoms with Gasteiger partial charge in [-0.1, -0.05) is 59.8 Å². The average molecular weight is 314 g/mol. The highest BCUT2D eigenvalue weighted by Gasteiger charge is 2.23. The summed E-state index contributed by atoms with van der Waals surface area (Å²) in [5.74, 6) is -0.645. The Morgan fingerprint density at radius 3 is 2.05 bits per heavy atom. The van der Waals surface area contributed by atoms with E-state index in [9.17, 15) is 9.59 Å². The van der Waals surface area contributed by atoms with Gasteiger partial charge in [-0.2, -0.15) is 0 Å². The molecule has 22 heavy (non-hydrogen) atoms. The molecule has 1 atom stereocenters. The first-order valence-electron chi connectivity index (χ1n) is 8.62. The predicted molar refractivity (Wildman–Crippen MR) is 88.6 cm³/mol. The van der Waals surface area contributed by atoms with Crippen molar-refractivity contribution < 1.29 is 19.1 Å². The maximum atomic E-state index is 11.7. The fourth-order valence-electron chi connectivity index (χ4n) is 1.78. The molecule has 0 aliphatic heterocycles. The highest BCUT2D eigenvalue weighted by molar-refractivity contribution is 5.77. The molecular formula is C18H34O4. The van der Waals surface area contributed by atoms with Crippen molar-refractivity contribution in [2.75, 3.05) is 6.61 Å². The Morgan fingerprint density at radius 2 is 1.45 bits per heavy atom. The van der Waals surface area contributed by atoms with E-state index in [1.807, 2.05) is 27.7 Å². The van der Waals surface area contributed by atoms with Crippen molar-refractivity contribution >= 4 is 11.9 Å². The molecule has 0 bridgehead atoms. The van der Waals surface area contributed by atoms with Gasteiger partial charge in [-0.05, 0) is 18.8 Å². The molecule has 0 heterocycles. The van der Waals surface area contributed by atoms with E-state index in [2.05, 4.69) is 6.92 Å². The SMILES string of the molecule is CCCCCCCCOC(=O)CCC(=O)OC(C)C(C)(C)C. The average Bonchev–Trinajstić information content (AvgIpc) is 2.43. The molecule has 0 aliphatic rings. The molecule has 0 fully saturated rings. The van der Waals surface area contributed by atoms with Crippen molar-refractivity contribution in [1.29, 1.82) is 0 Å². The van der Waals surface area contributed by atoms with Crippen LogP contribution in [0.4, 0.5) is 0 Å². The Balaban J connectivity index is 3.62. The Labute approximate surface area is 135 Å². The number of esters is 2. The Morgan fingerprint density at radius 1 is 0.909 bits per heavy atom. The van der Waals surface area contributed by atoms with E-state index in [1.54, 1.807) is 0 Å². The van der Waals surface area contributed by atoms with Gasteiger partial charge >= 0.3 is 11.9 Å². The molecule has 0 spiro atoms. The number of ether oxygens (including phenoxy) is 2. The lowest BCUT2D eigenvalue weighted by Gasteiger charge is -2.26. The second kappa shape index (κ2) is 11.5. The van der Waals surface area contributed by atoms with Crippen LogP contribution in [0.1, 0.15) is 86.0 Å². The minimum absolute atomic E-state index is 0.0893. The quantitative estimate of drug-likeness (QED) is 0.411. The van der Waals surface area contributed by atoms with Gasteiger partial charge in [0.25, 0.3) is 0 Å². The number of rotatable bonds is 11. The van der Waals surface area contributed by atoms with Crippen molar-refractivity contribution in [2.24, 2.45) is 5.41 Å². The van der Waals surface area contributed by atoms with Crippen molar-refractivity contribution in [2.45, 2.75) is 92.1 Å². The van der Waals surface area contributed by atoms with E-state index in [-0.39, 0.29) is 36.3 Å². The van der Waals surface area contributed by atoms with Crippen LogP contribution in [-0.2, 0) is 19.1 Å². The molecule has 1 unspecified atom stereocenters. The standard InChI is InChI=1S/C18H34O4/c1-6-7-8-9-10-11-14-21-16(19)12-13-17(20)22-15(2)18(3,4)5/h15H,6-14H2,1-5H3. The molecule has 0 saturated heterocycles. The van der Waals surface area contributed by atoms with E-state index in [0.717, 1.165) is 12.8 Å². The zero-order valence-electron chi connectivity index (χ0n) is 15.1. The molecule has 0 N–H and O–H groups in total. The van der Waals surface area contributed by atoms with Crippen LogP contribution >= 0.6 is 0 Å². The van der Waals surface area contributed by atoms with Gasteiger partial charge in [0.15, 0.2) is 0 Å². The molecular weight excluding hydrogens is 280 g/mol.